The maximum absolute atomic E-state index is 12.7. The van der Waals surface area contributed by atoms with E-state index in [-0.39, 0.29) is 5.91 Å². The van der Waals surface area contributed by atoms with E-state index in [4.69, 9.17) is 0 Å². The SMILES string of the molecule is CCCC(CN1C(=O)c2cccc3cccc1c23)NCC. The van der Waals surface area contributed by atoms with Gasteiger partial charge in [0, 0.05) is 23.5 Å². The molecule has 0 aromatic heterocycles. The Morgan fingerprint density at radius 1 is 1.14 bits per heavy atom. The molecule has 110 valence electrons. The van der Waals surface area contributed by atoms with Gasteiger partial charge in [0.2, 0.25) is 0 Å². The van der Waals surface area contributed by atoms with Gasteiger partial charge < -0.3 is 10.2 Å². The lowest BCUT2D eigenvalue weighted by atomic mass is 10.1. The maximum Gasteiger partial charge on any atom is 0.259 e. The van der Waals surface area contributed by atoms with Crippen molar-refractivity contribution in [1.29, 1.82) is 0 Å². The van der Waals surface area contributed by atoms with Crippen LogP contribution >= 0.6 is 0 Å². The number of nitrogens with one attached hydrogen (secondary N) is 1. The molecule has 0 aliphatic carbocycles. The molecule has 2 aromatic carbocycles. The molecule has 1 N–H and O–H groups in total. The highest BCUT2D eigenvalue weighted by Crippen LogP contribution is 2.37. The molecule has 1 aliphatic rings. The molecular formula is C18H22N2O. The Kier molecular flexibility index (Phi) is 3.93. The average Bonchev–Trinajstić information content (AvgIpc) is 2.76. The Bertz CT molecular complexity index is 654. The molecule has 0 radical (unpaired) electrons. The highest BCUT2D eigenvalue weighted by Gasteiger charge is 2.30. The van der Waals surface area contributed by atoms with Crippen molar-refractivity contribution in [3.8, 4) is 0 Å². The lowest BCUT2D eigenvalue weighted by Gasteiger charge is -2.25. The number of carbonyl (C=O) groups is 1. The number of amides is 1. The zero-order valence-electron chi connectivity index (χ0n) is 12.7. The average molecular weight is 282 g/mol. The molecule has 0 bridgehead atoms. The van der Waals surface area contributed by atoms with Gasteiger partial charge in [-0.1, -0.05) is 44.5 Å². The van der Waals surface area contributed by atoms with Gasteiger partial charge in [0.15, 0.2) is 0 Å². The minimum Gasteiger partial charge on any atom is -0.312 e. The summed E-state index contributed by atoms with van der Waals surface area (Å²) in [6.07, 6.45) is 2.21. The summed E-state index contributed by atoms with van der Waals surface area (Å²) < 4.78 is 0. The Hall–Kier alpha value is -1.87. The van der Waals surface area contributed by atoms with Gasteiger partial charge in [0.25, 0.3) is 5.91 Å². The van der Waals surface area contributed by atoms with Crippen molar-refractivity contribution in [3.63, 3.8) is 0 Å². The minimum atomic E-state index is 0.140. The fraction of sp³-hybridized carbons (Fsp3) is 0.389. The van der Waals surface area contributed by atoms with Gasteiger partial charge in [0.05, 0.1) is 5.69 Å². The number of hydrogen-bond donors (Lipinski definition) is 1. The van der Waals surface area contributed by atoms with Crippen molar-refractivity contribution in [2.24, 2.45) is 0 Å². The summed E-state index contributed by atoms with van der Waals surface area (Å²) in [7, 11) is 0. The van der Waals surface area contributed by atoms with Crippen molar-refractivity contribution in [2.45, 2.75) is 32.7 Å². The molecule has 21 heavy (non-hydrogen) atoms. The van der Waals surface area contributed by atoms with Gasteiger partial charge in [-0.25, -0.2) is 0 Å². The van der Waals surface area contributed by atoms with E-state index in [1.807, 2.05) is 23.1 Å². The predicted octanol–water partition coefficient (Wildman–Crippen LogP) is 3.58. The third kappa shape index (κ3) is 2.42. The number of rotatable bonds is 6. The van der Waals surface area contributed by atoms with E-state index in [1.54, 1.807) is 0 Å². The van der Waals surface area contributed by atoms with E-state index < -0.39 is 0 Å². The first-order valence-corrected chi connectivity index (χ1v) is 7.83. The monoisotopic (exact) mass is 282 g/mol. The maximum atomic E-state index is 12.7. The van der Waals surface area contributed by atoms with Crippen LogP contribution in [0.25, 0.3) is 10.8 Å². The molecule has 0 saturated heterocycles. The molecular weight excluding hydrogens is 260 g/mol. The lowest BCUT2D eigenvalue weighted by Crippen LogP contribution is -2.42. The Labute approximate surface area is 125 Å². The van der Waals surface area contributed by atoms with Crippen LogP contribution in [0.5, 0.6) is 0 Å². The van der Waals surface area contributed by atoms with E-state index in [9.17, 15) is 4.79 Å². The Morgan fingerprint density at radius 2 is 1.90 bits per heavy atom. The molecule has 1 amide bonds. The van der Waals surface area contributed by atoms with Gasteiger partial charge in [-0.15, -0.1) is 0 Å². The van der Waals surface area contributed by atoms with Crippen LogP contribution in [0.2, 0.25) is 0 Å². The van der Waals surface area contributed by atoms with E-state index in [1.165, 1.54) is 0 Å². The summed E-state index contributed by atoms with van der Waals surface area (Å²) >= 11 is 0. The predicted molar refractivity (Wildman–Crippen MR) is 88.0 cm³/mol. The third-order valence-electron chi connectivity index (χ3n) is 4.18. The largest absolute Gasteiger partial charge is 0.312 e. The number of carbonyl (C=O) groups excluding carboxylic acids is 1. The van der Waals surface area contributed by atoms with Crippen LogP contribution < -0.4 is 10.2 Å². The quantitative estimate of drug-likeness (QED) is 0.878. The minimum absolute atomic E-state index is 0.140. The highest BCUT2D eigenvalue weighted by molar-refractivity contribution is 6.25. The molecule has 3 heteroatoms. The number of likely N-dealkylation sites (N-methyl/N-ethyl adjacent to an activating group) is 1. The van der Waals surface area contributed by atoms with Crippen molar-refractivity contribution >= 4 is 22.4 Å². The summed E-state index contributed by atoms with van der Waals surface area (Å²) in [4.78, 5) is 14.7. The van der Waals surface area contributed by atoms with E-state index in [0.717, 1.165) is 48.0 Å². The molecule has 0 spiro atoms. The van der Waals surface area contributed by atoms with Gasteiger partial charge in [0.1, 0.15) is 0 Å². The van der Waals surface area contributed by atoms with E-state index in [2.05, 4.69) is 37.4 Å². The fourth-order valence-electron chi connectivity index (χ4n) is 3.28. The zero-order chi connectivity index (χ0) is 14.8. The zero-order valence-corrected chi connectivity index (χ0v) is 12.7. The first kappa shape index (κ1) is 14.1. The molecule has 3 nitrogen and oxygen atoms in total. The second-order valence-corrected chi connectivity index (χ2v) is 5.64. The molecule has 3 rings (SSSR count). The van der Waals surface area contributed by atoms with Crippen LogP contribution in [0.4, 0.5) is 5.69 Å². The number of anilines is 1. The molecule has 1 heterocycles. The van der Waals surface area contributed by atoms with Crippen LogP contribution in [0, 0.1) is 0 Å². The molecule has 0 saturated carbocycles. The molecule has 1 unspecified atom stereocenters. The third-order valence-corrected chi connectivity index (χ3v) is 4.18. The first-order valence-electron chi connectivity index (χ1n) is 7.83. The summed E-state index contributed by atoms with van der Waals surface area (Å²) in [5.41, 5.74) is 1.90. The van der Waals surface area contributed by atoms with Crippen molar-refractivity contribution in [3.05, 3.63) is 42.0 Å². The number of hydrogen-bond acceptors (Lipinski definition) is 2. The van der Waals surface area contributed by atoms with Crippen molar-refractivity contribution < 1.29 is 4.79 Å². The van der Waals surface area contributed by atoms with Gasteiger partial charge >= 0.3 is 0 Å². The smallest absolute Gasteiger partial charge is 0.259 e. The van der Waals surface area contributed by atoms with Crippen LogP contribution in [0.3, 0.4) is 0 Å². The fourth-order valence-corrected chi connectivity index (χ4v) is 3.28. The summed E-state index contributed by atoms with van der Waals surface area (Å²) in [5, 5.41) is 5.75. The normalized spacial score (nSPS) is 15.0. The van der Waals surface area contributed by atoms with Crippen LogP contribution in [-0.4, -0.2) is 25.0 Å². The molecule has 1 atom stereocenters. The van der Waals surface area contributed by atoms with Crippen molar-refractivity contribution in [2.75, 3.05) is 18.0 Å². The number of benzene rings is 2. The van der Waals surface area contributed by atoms with E-state index in [0.29, 0.717) is 6.04 Å². The van der Waals surface area contributed by atoms with Crippen LogP contribution in [0.15, 0.2) is 36.4 Å². The standard InChI is InChI=1S/C18H22N2O/c1-3-7-14(19-4-2)12-20-16-11-6-9-13-8-5-10-15(17(13)16)18(20)21/h5-6,8-11,14,19H,3-4,7,12H2,1-2H3. The second-order valence-electron chi connectivity index (χ2n) is 5.64. The topological polar surface area (TPSA) is 32.3 Å². The highest BCUT2D eigenvalue weighted by atomic mass is 16.2. The van der Waals surface area contributed by atoms with E-state index >= 15 is 0 Å². The Balaban J connectivity index is 1.95. The van der Waals surface area contributed by atoms with Gasteiger partial charge in [-0.3, -0.25) is 4.79 Å². The summed E-state index contributed by atoms with van der Waals surface area (Å²) in [5.74, 6) is 0.140. The summed E-state index contributed by atoms with van der Waals surface area (Å²) in [6.45, 7) is 5.98. The molecule has 1 aliphatic heterocycles. The van der Waals surface area contributed by atoms with Gasteiger partial charge in [-0.05, 0) is 30.5 Å². The number of nitrogens with zero attached hydrogens (tertiary/aromatic N) is 1. The van der Waals surface area contributed by atoms with Crippen LogP contribution in [-0.2, 0) is 0 Å². The first-order chi connectivity index (χ1) is 10.3. The lowest BCUT2D eigenvalue weighted by molar-refractivity contribution is 0.0990. The molecule has 2 aromatic rings. The second kappa shape index (κ2) is 5.86. The van der Waals surface area contributed by atoms with Gasteiger partial charge in [-0.2, -0.15) is 0 Å². The van der Waals surface area contributed by atoms with Crippen molar-refractivity contribution in [1.82, 2.24) is 5.32 Å². The van der Waals surface area contributed by atoms with Crippen LogP contribution in [0.1, 0.15) is 37.0 Å². The summed E-state index contributed by atoms with van der Waals surface area (Å²) in [6, 6.07) is 12.5. The Morgan fingerprint density at radius 3 is 2.62 bits per heavy atom. The molecule has 0 fully saturated rings.